The van der Waals surface area contributed by atoms with Gasteiger partial charge in [-0.3, -0.25) is 0 Å². The van der Waals surface area contributed by atoms with Crippen LogP contribution in [0.2, 0.25) is 0 Å². The first-order chi connectivity index (χ1) is 7.40. The van der Waals surface area contributed by atoms with Crippen molar-refractivity contribution >= 4 is 0 Å². The van der Waals surface area contributed by atoms with Gasteiger partial charge in [0.15, 0.2) is 0 Å². The van der Waals surface area contributed by atoms with Gasteiger partial charge in [-0.05, 0) is 18.2 Å². The summed E-state index contributed by atoms with van der Waals surface area (Å²) in [5.74, 6) is 1.66. The summed E-state index contributed by atoms with van der Waals surface area (Å²) in [5.41, 5.74) is 6.64. The summed E-state index contributed by atoms with van der Waals surface area (Å²) in [6, 6.07) is 17.5. The van der Waals surface area contributed by atoms with E-state index in [4.69, 9.17) is 10.5 Å². The van der Waals surface area contributed by atoms with Crippen LogP contribution >= 0.6 is 0 Å². The summed E-state index contributed by atoms with van der Waals surface area (Å²) < 4.78 is 5.72. The van der Waals surface area contributed by atoms with E-state index in [2.05, 4.69) is 0 Å². The van der Waals surface area contributed by atoms with E-state index < -0.39 is 0 Å². The van der Waals surface area contributed by atoms with Crippen molar-refractivity contribution in [2.45, 2.75) is 6.54 Å². The molecule has 2 heteroatoms. The lowest BCUT2D eigenvalue weighted by molar-refractivity contribution is 0.476. The fourth-order valence-corrected chi connectivity index (χ4v) is 1.39. The van der Waals surface area contributed by atoms with Crippen LogP contribution in [0, 0.1) is 0 Å². The molecule has 2 aromatic carbocycles. The molecule has 0 aliphatic carbocycles. The van der Waals surface area contributed by atoms with Crippen molar-refractivity contribution in [2.24, 2.45) is 5.73 Å². The minimum atomic E-state index is 0.489. The monoisotopic (exact) mass is 199 g/mol. The zero-order valence-electron chi connectivity index (χ0n) is 8.39. The van der Waals surface area contributed by atoms with Crippen LogP contribution in [-0.2, 0) is 6.54 Å². The summed E-state index contributed by atoms with van der Waals surface area (Å²) in [6.45, 7) is 0.489. The van der Waals surface area contributed by atoms with Gasteiger partial charge in [-0.1, -0.05) is 36.4 Å². The van der Waals surface area contributed by atoms with Gasteiger partial charge < -0.3 is 10.5 Å². The summed E-state index contributed by atoms with van der Waals surface area (Å²) >= 11 is 0. The Labute approximate surface area is 89.3 Å². The fourth-order valence-electron chi connectivity index (χ4n) is 1.39. The molecule has 0 fully saturated rings. The number of hydrogen-bond acceptors (Lipinski definition) is 2. The topological polar surface area (TPSA) is 35.2 Å². The molecule has 0 bridgehead atoms. The van der Waals surface area contributed by atoms with Gasteiger partial charge in [0.1, 0.15) is 11.5 Å². The maximum atomic E-state index is 5.72. The molecule has 2 aromatic rings. The van der Waals surface area contributed by atoms with Gasteiger partial charge in [0.25, 0.3) is 0 Å². The van der Waals surface area contributed by atoms with Crippen LogP contribution in [0.4, 0.5) is 0 Å². The normalized spacial score (nSPS) is 9.93. The minimum absolute atomic E-state index is 0.489. The molecule has 0 spiro atoms. The molecule has 0 aromatic heterocycles. The largest absolute Gasteiger partial charge is 0.457 e. The van der Waals surface area contributed by atoms with Crippen LogP contribution in [0.3, 0.4) is 0 Å². The smallest absolute Gasteiger partial charge is 0.131 e. The Kier molecular flexibility index (Phi) is 3.00. The standard InChI is InChI=1S/C13H13NO/c14-10-11-6-4-5-9-13(11)15-12-7-2-1-3-8-12/h1-9H,10,14H2. The molecule has 0 radical (unpaired) electrons. The molecule has 15 heavy (non-hydrogen) atoms. The molecule has 2 nitrogen and oxygen atoms in total. The number of para-hydroxylation sites is 2. The molecular weight excluding hydrogens is 186 g/mol. The highest BCUT2D eigenvalue weighted by molar-refractivity contribution is 5.37. The molecule has 0 saturated heterocycles. The predicted molar refractivity (Wildman–Crippen MR) is 60.8 cm³/mol. The van der Waals surface area contributed by atoms with E-state index in [9.17, 15) is 0 Å². The van der Waals surface area contributed by atoms with Crippen LogP contribution in [0.25, 0.3) is 0 Å². The SMILES string of the molecule is NCc1ccccc1Oc1ccccc1. The van der Waals surface area contributed by atoms with Crippen molar-refractivity contribution in [3.05, 3.63) is 60.2 Å². The number of hydrogen-bond donors (Lipinski definition) is 1. The molecule has 0 aliphatic rings. The zero-order valence-corrected chi connectivity index (χ0v) is 8.39. The van der Waals surface area contributed by atoms with E-state index in [1.807, 2.05) is 54.6 Å². The summed E-state index contributed by atoms with van der Waals surface area (Å²) in [5, 5.41) is 0. The van der Waals surface area contributed by atoms with E-state index >= 15 is 0 Å². The van der Waals surface area contributed by atoms with E-state index in [1.54, 1.807) is 0 Å². The summed E-state index contributed by atoms with van der Waals surface area (Å²) in [4.78, 5) is 0. The van der Waals surface area contributed by atoms with Crippen LogP contribution in [0.15, 0.2) is 54.6 Å². The molecule has 76 valence electrons. The third kappa shape index (κ3) is 2.36. The van der Waals surface area contributed by atoms with Crippen molar-refractivity contribution in [2.75, 3.05) is 0 Å². The third-order valence-electron chi connectivity index (χ3n) is 2.16. The molecule has 0 amide bonds. The van der Waals surface area contributed by atoms with Crippen molar-refractivity contribution in [3.8, 4) is 11.5 Å². The Bertz CT molecular complexity index is 426. The molecular formula is C13H13NO. The van der Waals surface area contributed by atoms with Gasteiger partial charge in [-0.2, -0.15) is 0 Å². The summed E-state index contributed by atoms with van der Waals surface area (Å²) in [7, 11) is 0. The van der Waals surface area contributed by atoms with Gasteiger partial charge in [0.05, 0.1) is 0 Å². The van der Waals surface area contributed by atoms with Gasteiger partial charge in [0, 0.05) is 12.1 Å². The first-order valence-corrected chi connectivity index (χ1v) is 4.91. The second-order valence-electron chi connectivity index (χ2n) is 3.23. The number of nitrogens with two attached hydrogens (primary N) is 1. The molecule has 0 unspecified atom stereocenters. The maximum Gasteiger partial charge on any atom is 0.131 e. The highest BCUT2D eigenvalue weighted by Crippen LogP contribution is 2.24. The quantitative estimate of drug-likeness (QED) is 0.824. The number of ether oxygens (including phenoxy) is 1. The zero-order chi connectivity index (χ0) is 10.5. The van der Waals surface area contributed by atoms with Crippen molar-refractivity contribution < 1.29 is 4.74 Å². The maximum absolute atomic E-state index is 5.72. The van der Waals surface area contributed by atoms with E-state index in [0.717, 1.165) is 17.1 Å². The lowest BCUT2D eigenvalue weighted by Crippen LogP contribution is -1.98. The molecule has 0 saturated carbocycles. The molecule has 2 rings (SSSR count). The number of benzene rings is 2. The van der Waals surface area contributed by atoms with Crippen molar-refractivity contribution in [3.63, 3.8) is 0 Å². The Morgan fingerprint density at radius 2 is 1.53 bits per heavy atom. The minimum Gasteiger partial charge on any atom is -0.457 e. The third-order valence-corrected chi connectivity index (χ3v) is 2.16. The van der Waals surface area contributed by atoms with Crippen LogP contribution in [-0.4, -0.2) is 0 Å². The van der Waals surface area contributed by atoms with Crippen LogP contribution < -0.4 is 10.5 Å². The van der Waals surface area contributed by atoms with Gasteiger partial charge >= 0.3 is 0 Å². The van der Waals surface area contributed by atoms with Crippen molar-refractivity contribution in [1.82, 2.24) is 0 Å². The highest BCUT2D eigenvalue weighted by Gasteiger charge is 2.01. The molecule has 2 N–H and O–H groups in total. The molecule has 0 heterocycles. The van der Waals surface area contributed by atoms with Gasteiger partial charge in [-0.25, -0.2) is 0 Å². The first-order valence-electron chi connectivity index (χ1n) is 4.91. The van der Waals surface area contributed by atoms with E-state index in [-0.39, 0.29) is 0 Å². The lowest BCUT2D eigenvalue weighted by Gasteiger charge is -2.09. The summed E-state index contributed by atoms with van der Waals surface area (Å²) in [6.07, 6.45) is 0. The first kappa shape index (κ1) is 9.74. The van der Waals surface area contributed by atoms with Gasteiger partial charge in [-0.15, -0.1) is 0 Å². The number of rotatable bonds is 3. The predicted octanol–water partition coefficient (Wildman–Crippen LogP) is 2.94. The highest BCUT2D eigenvalue weighted by atomic mass is 16.5. The van der Waals surface area contributed by atoms with Crippen LogP contribution in [0.1, 0.15) is 5.56 Å². The average molecular weight is 199 g/mol. The Morgan fingerprint density at radius 1 is 0.867 bits per heavy atom. The Morgan fingerprint density at radius 3 is 2.27 bits per heavy atom. The van der Waals surface area contributed by atoms with Crippen LogP contribution in [0.5, 0.6) is 11.5 Å². The Balaban J connectivity index is 2.24. The second-order valence-corrected chi connectivity index (χ2v) is 3.23. The average Bonchev–Trinajstić information content (AvgIpc) is 2.31. The Hall–Kier alpha value is -1.80. The fraction of sp³-hybridized carbons (Fsp3) is 0.0769. The lowest BCUT2D eigenvalue weighted by atomic mass is 10.2. The van der Waals surface area contributed by atoms with Gasteiger partial charge in [0.2, 0.25) is 0 Å². The van der Waals surface area contributed by atoms with Crippen molar-refractivity contribution in [1.29, 1.82) is 0 Å². The van der Waals surface area contributed by atoms with E-state index in [0.29, 0.717) is 6.54 Å². The van der Waals surface area contributed by atoms with E-state index in [1.165, 1.54) is 0 Å². The molecule has 0 atom stereocenters. The second kappa shape index (κ2) is 4.62. The molecule has 0 aliphatic heterocycles.